The third kappa shape index (κ3) is 3.04. The average Bonchev–Trinajstić information content (AvgIpc) is 2.38. The predicted octanol–water partition coefficient (Wildman–Crippen LogP) is 1.53. The summed E-state index contributed by atoms with van der Waals surface area (Å²) >= 11 is 0. The molecule has 2 rings (SSSR count). The summed E-state index contributed by atoms with van der Waals surface area (Å²) in [5, 5.41) is 6.99. The lowest BCUT2D eigenvalue weighted by atomic mass is 10.2. The molecule has 17 heavy (non-hydrogen) atoms. The van der Waals surface area contributed by atoms with Gasteiger partial charge in [-0.15, -0.1) is 0 Å². The largest absolute Gasteiger partial charge is 0.561 e. The van der Waals surface area contributed by atoms with Crippen LogP contribution in [0, 0.1) is 0 Å². The van der Waals surface area contributed by atoms with E-state index in [1.165, 1.54) is 18.3 Å². The SMILES string of the molecule is O=C([OH2+])c1ccnc(OCc2ccccc2)c1. The molecule has 0 saturated heterocycles. The number of carbonyl (C=O) groups excluding carboxylic acids is 1. The lowest BCUT2D eigenvalue weighted by molar-refractivity contribution is 0.0696. The minimum atomic E-state index is -0.739. The van der Waals surface area contributed by atoms with Gasteiger partial charge in [-0.3, -0.25) is 0 Å². The third-order valence-corrected chi connectivity index (χ3v) is 2.23. The van der Waals surface area contributed by atoms with Gasteiger partial charge in [0.15, 0.2) is 0 Å². The van der Waals surface area contributed by atoms with E-state index in [9.17, 15) is 4.79 Å². The van der Waals surface area contributed by atoms with Gasteiger partial charge in [0, 0.05) is 17.1 Å². The molecule has 0 aliphatic rings. The summed E-state index contributed by atoms with van der Waals surface area (Å²) < 4.78 is 5.44. The molecule has 0 aliphatic carbocycles. The molecule has 1 heterocycles. The minimum Gasteiger partial charge on any atom is -0.561 e. The van der Waals surface area contributed by atoms with Crippen molar-refractivity contribution in [2.24, 2.45) is 0 Å². The van der Waals surface area contributed by atoms with Crippen molar-refractivity contribution in [1.82, 2.24) is 4.98 Å². The summed E-state index contributed by atoms with van der Waals surface area (Å²) in [7, 11) is 0. The maximum Gasteiger partial charge on any atom is 0.549 e. The van der Waals surface area contributed by atoms with Gasteiger partial charge in [0.1, 0.15) is 12.2 Å². The number of hydrogen-bond acceptors (Lipinski definition) is 3. The Morgan fingerprint density at radius 1 is 1.24 bits per heavy atom. The van der Waals surface area contributed by atoms with Crippen molar-refractivity contribution < 1.29 is 14.6 Å². The molecule has 0 aliphatic heterocycles. The summed E-state index contributed by atoms with van der Waals surface area (Å²) in [6, 6.07) is 12.6. The van der Waals surface area contributed by atoms with Gasteiger partial charge in [0.25, 0.3) is 0 Å². The van der Waals surface area contributed by atoms with Crippen molar-refractivity contribution in [3.05, 3.63) is 59.8 Å². The second kappa shape index (κ2) is 5.12. The van der Waals surface area contributed by atoms with Crippen molar-refractivity contribution in [1.29, 1.82) is 0 Å². The molecule has 4 heteroatoms. The number of ether oxygens (including phenoxy) is 1. The van der Waals surface area contributed by atoms with Crippen molar-refractivity contribution in [3.63, 3.8) is 0 Å². The second-order valence-corrected chi connectivity index (χ2v) is 3.49. The van der Waals surface area contributed by atoms with Crippen LogP contribution < -0.4 is 4.74 Å². The fourth-order valence-electron chi connectivity index (χ4n) is 1.36. The van der Waals surface area contributed by atoms with Gasteiger partial charge in [-0.2, -0.15) is 0 Å². The summed E-state index contributed by atoms with van der Waals surface area (Å²) in [5.41, 5.74) is 1.31. The molecule has 2 N–H and O–H groups in total. The molecule has 0 unspecified atom stereocenters. The van der Waals surface area contributed by atoms with Gasteiger partial charge < -0.3 is 9.84 Å². The lowest BCUT2D eigenvalue weighted by Gasteiger charge is -2.04. The van der Waals surface area contributed by atoms with Gasteiger partial charge in [-0.1, -0.05) is 30.3 Å². The van der Waals surface area contributed by atoms with E-state index in [0.717, 1.165) is 5.56 Å². The molecular weight excluding hydrogens is 218 g/mol. The number of aromatic nitrogens is 1. The zero-order valence-corrected chi connectivity index (χ0v) is 9.09. The van der Waals surface area contributed by atoms with Gasteiger partial charge in [-0.05, 0) is 11.6 Å². The predicted molar refractivity (Wildman–Crippen MR) is 63.0 cm³/mol. The molecular formula is C13H12NO3+. The van der Waals surface area contributed by atoms with Gasteiger partial charge in [0.05, 0.1) is 0 Å². The average molecular weight is 230 g/mol. The third-order valence-electron chi connectivity index (χ3n) is 2.23. The first-order valence-electron chi connectivity index (χ1n) is 5.14. The van der Waals surface area contributed by atoms with Crippen LogP contribution in [-0.2, 0) is 6.61 Å². The van der Waals surface area contributed by atoms with Crippen molar-refractivity contribution in [2.75, 3.05) is 0 Å². The Balaban J connectivity index is 2.04. The highest BCUT2D eigenvalue weighted by atomic mass is 16.5. The maximum absolute atomic E-state index is 10.9. The summed E-state index contributed by atoms with van der Waals surface area (Å²) in [6.45, 7) is 0.392. The molecule has 1 aromatic carbocycles. The molecule has 2 aromatic rings. The van der Waals surface area contributed by atoms with E-state index >= 15 is 0 Å². The van der Waals surface area contributed by atoms with E-state index < -0.39 is 5.97 Å². The summed E-state index contributed by atoms with van der Waals surface area (Å²) in [4.78, 5) is 14.8. The number of nitrogens with zero attached hydrogens (tertiary/aromatic N) is 1. The van der Waals surface area contributed by atoms with Crippen molar-refractivity contribution in [3.8, 4) is 5.88 Å². The second-order valence-electron chi connectivity index (χ2n) is 3.49. The van der Waals surface area contributed by atoms with Crippen LogP contribution in [-0.4, -0.2) is 16.1 Å². The van der Waals surface area contributed by atoms with E-state index in [0.29, 0.717) is 12.5 Å². The molecule has 1 aromatic heterocycles. The van der Waals surface area contributed by atoms with Crippen LogP contribution in [0.3, 0.4) is 0 Å². The summed E-state index contributed by atoms with van der Waals surface area (Å²) in [6.07, 6.45) is 1.46. The number of rotatable bonds is 4. The monoisotopic (exact) mass is 230 g/mol. The zero-order chi connectivity index (χ0) is 12.1. The standard InChI is InChI=1S/C13H11NO3/c15-13(16)11-6-7-14-12(8-11)17-9-10-4-2-1-3-5-10/h1-8H,9H2,(H,15,16)/p+1. The highest BCUT2D eigenvalue weighted by Crippen LogP contribution is 2.11. The van der Waals surface area contributed by atoms with Gasteiger partial charge >= 0.3 is 5.97 Å². The molecule has 86 valence electrons. The Morgan fingerprint density at radius 2 is 2.00 bits per heavy atom. The van der Waals surface area contributed by atoms with E-state index in [1.807, 2.05) is 30.3 Å². The Morgan fingerprint density at radius 3 is 2.71 bits per heavy atom. The minimum absolute atomic E-state index is 0.281. The van der Waals surface area contributed by atoms with Crippen LogP contribution in [0.15, 0.2) is 48.7 Å². The smallest absolute Gasteiger partial charge is 0.549 e. The molecule has 0 amide bonds. The van der Waals surface area contributed by atoms with Crippen LogP contribution in [0.25, 0.3) is 0 Å². The molecule has 0 fully saturated rings. The first-order valence-corrected chi connectivity index (χ1v) is 5.14. The first-order chi connectivity index (χ1) is 8.25. The Bertz CT molecular complexity index is 511. The topological polar surface area (TPSA) is 62.1 Å². The van der Waals surface area contributed by atoms with E-state index in [2.05, 4.69) is 4.98 Å². The molecule has 0 bridgehead atoms. The van der Waals surface area contributed by atoms with Crippen molar-refractivity contribution in [2.45, 2.75) is 6.61 Å². The highest BCUT2D eigenvalue weighted by molar-refractivity contribution is 5.87. The van der Waals surface area contributed by atoms with Crippen LogP contribution in [0.2, 0.25) is 0 Å². The van der Waals surface area contributed by atoms with Crippen LogP contribution >= 0.6 is 0 Å². The number of carbonyl (C=O) groups is 1. The lowest BCUT2D eigenvalue weighted by Crippen LogP contribution is -2.00. The Kier molecular flexibility index (Phi) is 3.35. The van der Waals surface area contributed by atoms with Crippen molar-refractivity contribution >= 4 is 5.97 Å². The maximum atomic E-state index is 10.9. The molecule has 4 nitrogen and oxygen atoms in total. The fourth-order valence-corrected chi connectivity index (χ4v) is 1.36. The Labute approximate surface area is 98.5 Å². The number of hydrogen-bond donors (Lipinski definition) is 0. The highest BCUT2D eigenvalue weighted by Gasteiger charge is 2.11. The summed E-state index contributed by atoms with van der Waals surface area (Å²) in [5.74, 6) is -0.385. The van der Waals surface area contributed by atoms with Crippen LogP contribution in [0.5, 0.6) is 5.88 Å². The fraction of sp³-hybridized carbons (Fsp3) is 0.0769. The first kappa shape index (κ1) is 11.1. The van der Waals surface area contributed by atoms with Gasteiger partial charge in [0.2, 0.25) is 5.88 Å². The van der Waals surface area contributed by atoms with Gasteiger partial charge in [-0.25, -0.2) is 4.98 Å². The molecule has 0 saturated carbocycles. The normalized spacial score (nSPS) is 9.88. The molecule has 0 spiro atoms. The quantitative estimate of drug-likeness (QED) is 0.748. The zero-order valence-electron chi connectivity index (χ0n) is 9.09. The van der Waals surface area contributed by atoms with E-state index in [4.69, 9.17) is 9.84 Å². The number of benzene rings is 1. The van der Waals surface area contributed by atoms with Crippen LogP contribution in [0.4, 0.5) is 0 Å². The molecule has 0 atom stereocenters. The molecule has 0 radical (unpaired) electrons. The van der Waals surface area contributed by atoms with Crippen LogP contribution in [0.1, 0.15) is 15.9 Å². The Hall–Kier alpha value is -2.36. The van der Waals surface area contributed by atoms with E-state index in [-0.39, 0.29) is 5.56 Å². The number of pyridine rings is 1. The van der Waals surface area contributed by atoms with E-state index in [1.54, 1.807) is 0 Å².